The summed E-state index contributed by atoms with van der Waals surface area (Å²) in [5.41, 5.74) is 6.31. The third-order valence-corrected chi connectivity index (χ3v) is 5.11. The molecule has 31 heavy (non-hydrogen) atoms. The molecule has 0 aliphatic carbocycles. The SMILES string of the molecule is O=[N+]([O-])c1cccc(-c2csc(NN=Cc3ccc(OCc4ccccc4)cc3)n2)c1. The van der Waals surface area contributed by atoms with Crippen LogP contribution in [0, 0.1) is 10.1 Å². The summed E-state index contributed by atoms with van der Waals surface area (Å²) in [6.45, 7) is 0.521. The van der Waals surface area contributed by atoms with Crippen LogP contribution < -0.4 is 10.2 Å². The van der Waals surface area contributed by atoms with Crippen LogP contribution in [0.15, 0.2) is 89.3 Å². The van der Waals surface area contributed by atoms with Crippen molar-refractivity contribution in [1.82, 2.24) is 4.98 Å². The molecule has 1 aromatic heterocycles. The number of aromatic nitrogens is 1. The van der Waals surface area contributed by atoms with E-state index in [9.17, 15) is 10.1 Å². The fraction of sp³-hybridized carbons (Fsp3) is 0.0435. The molecule has 0 radical (unpaired) electrons. The smallest absolute Gasteiger partial charge is 0.270 e. The van der Waals surface area contributed by atoms with Gasteiger partial charge in [0.05, 0.1) is 16.8 Å². The lowest BCUT2D eigenvalue weighted by Gasteiger charge is -2.06. The second-order valence-corrected chi connectivity index (χ2v) is 7.42. The highest BCUT2D eigenvalue weighted by atomic mass is 32.1. The molecule has 0 bridgehead atoms. The van der Waals surface area contributed by atoms with Crippen molar-refractivity contribution in [2.24, 2.45) is 5.10 Å². The van der Waals surface area contributed by atoms with Crippen molar-refractivity contribution in [1.29, 1.82) is 0 Å². The molecule has 8 heteroatoms. The standard InChI is InChI=1S/C23H18N4O3S/c28-27(29)20-8-4-7-19(13-20)22-16-31-23(25-22)26-24-14-17-9-11-21(12-10-17)30-15-18-5-2-1-3-6-18/h1-14,16H,15H2,(H,25,26). The number of anilines is 1. The van der Waals surface area contributed by atoms with Gasteiger partial charge in [-0.05, 0) is 35.4 Å². The average molecular weight is 430 g/mol. The van der Waals surface area contributed by atoms with E-state index in [0.29, 0.717) is 23.0 Å². The van der Waals surface area contributed by atoms with Crippen LogP contribution in [0.1, 0.15) is 11.1 Å². The summed E-state index contributed by atoms with van der Waals surface area (Å²) in [4.78, 5) is 14.9. The number of hydrazone groups is 1. The maximum absolute atomic E-state index is 10.9. The molecule has 0 aliphatic heterocycles. The summed E-state index contributed by atoms with van der Waals surface area (Å²) >= 11 is 1.37. The molecule has 4 aromatic rings. The minimum Gasteiger partial charge on any atom is -0.489 e. The van der Waals surface area contributed by atoms with Crippen molar-refractivity contribution in [3.05, 3.63) is 105 Å². The van der Waals surface area contributed by atoms with E-state index in [2.05, 4.69) is 15.5 Å². The van der Waals surface area contributed by atoms with E-state index < -0.39 is 4.92 Å². The molecule has 1 heterocycles. The van der Waals surface area contributed by atoms with E-state index >= 15 is 0 Å². The summed E-state index contributed by atoms with van der Waals surface area (Å²) < 4.78 is 5.78. The topological polar surface area (TPSA) is 89.7 Å². The van der Waals surface area contributed by atoms with Gasteiger partial charge in [-0.25, -0.2) is 4.98 Å². The van der Waals surface area contributed by atoms with Gasteiger partial charge < -0.3 is 4.74 Å². The van der Waals surface area contributed by atoms with Crippen LogP contribution >= 0.6 is 11.3 Å². The van der Waals surface area contributed by atoms with Crippen molar-refractivity contribution in [2.45, 2.75) is 6.61 Å². The van der Waals surface area contributed by atoms with E-state index in [0.717, 1.165) is 16.9 Å². The minimum absolute atomic E-state index is 0.0363. The van der Waals surface area contributed by atoms with Crippen molar-refractivity contribution in [2.75, 3.05) is 5.43 Å². The number of benzene rings is 3. The van der Waals surface area contributed by atoms with Gasteiger partial charge in [0, 0.05) is 23.1 Å². The van der Waals surface area contributed by atoms with Crippen LogP contribution in [-0.4, -0.2) is 16.1 Å². The normalized spacial score (nSPS) is 10.8. The third-order valence-electron chi connectivity index (χ3n) is 4.36. The molecule has 0 saturated heterocycles. The largest absolute Gasteiger partial charge is 0.489 e. The highest BCUT2D eigenvalue weighted by molar-refractivity contribution is 7.14. The van der Waals surface area contributed by atoms with Gasteiger partial charge in [0.2, 0.25) is 5.13 Å². The minimum atomic E-state index is -0.419. The van der Waals surface area contributed by atoms with Gasteiger partial charge in [-0.3, -0.25) is 15.5 Å². The number of hydrogen-bond donors (Lipinski definition) is 1. The number of hydrogen-bond acceptors (Lipinski definition) is 7. The van der Waals surface area contributed by atoms with Crippen molar-refractivity contribution >= 4 is 28.4 Å². The van der Waals surface area contributed by atoms with Gasteiger partial charge in [-0.1, -0.05) is 42.5 Å². The number of nitro benzene ring substituents is 1. The first-order valence-electron chi connectivity index (χ1n) is 9.43. The Morgan fingerprint density at radius 1 is 1.06 bits per heavy atom. The zero-order valence-electron chi connectivity index (χ0n) is 16.3. The molecule has 0 aliphatic rings. The molecular weight excluding hydrogens is 412 g/mol. The number of thiazole rings is 1. The predicted octanol–water partition coefficient (Wildman–Crippen LogP) is 5.74. The lowest BCUT2D eigenvalue weighted by atomic mass is 10.1. The van der Waals surface area contributed by atoms with Crippen LogP contribution in [0.5, 0.6) is 5.75 Å². The quantitative estimate of drug-likeness (QED) is 0.219. The molecule has 0 saturated carbocycles. The van der Waals surface area contributed by atoms with Crippen LogP contribution in [0.25, 0.3) is 11.3 Å². The molecular formula is C23H18N4O3S. The van der Waals surface area contributed by atoms with E-state index in [-0.39, 0.29) is 5.69 Å². The zero-order valence-corrected chi connectivity index (χ0v) is 17.2. The Labute approximate surface area is 182 Å². The van der Waals surface area contributed by atoms with E-state index in [1.807, 2.05) is 60.0 Å². The molecule has 0 spiro atoms. The Balaban J connectivity index is 1.33. The van der Waals surface area contributed by atoms with Gasteiger partial charge in [0.1, 0.15) is 12.4 Å². The van der Waals surface area contributed by atoms with Crippen LogP contribution in [0.3, 0.4) is 0 Å². The van der Waals surface area contributed by atoms with Gasteiger partial charge in [-0.15, -0.1) is 11.3 Å². The first kappa shape index (κ1) is 20.2. The van der Waals surface area contributed by atoms with E-state index in [1.165, 1.54) is 23.5 Å². The molecule has 154 valence electrons. The lowest BCUT2D eigenvalue weighted by molar-refractivity contribution is -0.384. The maximum Gasteiger partial charge on any atom is 0.270 e. The van der Waals surface area contributed by atoms with Crippen LogP contribution in [0.2, 0.25) is 0 Å². The van der Waals surface area contributed by atoms with Gasteiger partial charge in [-0.2, -0.15) is 5.10 Å². The highest BCUT2D eigenvalue weighted by Gasteiger charge is 2.09. The number of ether oxygens (including phenoxy) is 1. The number of nitro groups is 1. The molecule has 3 aromatic carbocycles. The highest BCUT2D eigenvalue weighted by Crippen LogP contribution is 2.27. The van der Waals surface area contributed by atoms with Crippen molar-refractivity contribution in [3.63, 3.8) is 0 Å². The molecule has 4 rings (SSSR count). The van der Waals surface area contributed by atoms with Gasteiger partial charge >= 0.3 is 0 Å². The molecule has 1 N–H and O–H groups in total. The molecule has 0 unspecified atom stereocenters. The zero-order chi connectivity index (χ0) is 21.5. The Kier molecular flexibility index (Phi) is 6.29. The Bertz CT molecular complexity index is 1190. The second-order valence-electron chi connectivity index (χ2n) is 6.56. The molecule has 7 nitrogen and oxygen atoms in total. The van der Waals surface area contributed by atoms with Gasteiger partial charge in [0.15, 0.2) is 0 Å². The Morgan fingerprint density at radius 2 is 1.87 bits per heavy atom. The first-order chi connectivity index (χ1) is 15.2. The third kappa shape index (κ3) is 5.52. The average Bonchev–Trinajstić information content (AvgIpc) is 3.28. The van der Waals surface area contributed by atoms with Crippen LogP contribution in [0.4, 0.5) is 10.8 Å². The Hall–Kier alpha value is -4.04. The Morgan fingerprint density at radius 3 is 2.65 bits per heavy atom. The van der Waals surface area contributed by atoms with Gasteiger partial charge in [0.25, 0.3) is 5.69 Å². The lowest BCUT2D eigenvalue weighted by Crippen LogP contribution is -1.95. The molecule has 0 atom stereocenters. The maximum atomic E-state index is 10.9. The van der Waals surface area contributed by atoms with E-state index in [4.69, 9.17) is 4.74 Å². The number of nitrogens with zero attached hydrogens (tertiary/aromatic N) is 3. The monoisotopic (exact) mass is 430 g/mol. The predicted molar refractivity (Wildman–Crippen MR) is 123 cm³/mol. The van der Waals surface area contributed by atoms with Crippen molar-refractivity contribution in [3.8, 4) is 17.0 Å². The summed E-state index contributed by atoms with van der Waals surface area (Å²) in [6, 6.07) is 24.0. The number of non-ortho nitro benzene ring substituents is 1. The summed E-state index contributed by atoms with van der Waals surface area (Å²) in [5, 5.41) is 17.6. The first-order valence-corrected chi connectivity index (χ1v) is 10.3. The molecule has 0 amide bonds. The summed E-state index contributed by atoms with van der Waals surface area (Å²) in [7, 11) is 0. The summed E-state index contributed by atoms with van der Waals surface area (Å²) in [5.74, 6) is 0.787. The number of rotatable bonds is 8. The van der Waals surface area contributed by atoms with Crippen LogP contribution in [-0.2, 0) is 6.61 Å². The van der Waals surface area contributed by atoms with Crippen molar-refractivity contribution < 1.29 is 9.66 Å². The molecule has 0 fully saturated rings. The second kappa shape index (κ2) is 9.64. The van der Waals surface area contributed by atoms with E-state index in [1.54, 1.807) is 18.3 Å². The fourth-order valence-electron chi connectivity index (χ4n) is 2.79. The fourth-order valence-corrected chi connectivity index (χ4v) is 3.46. The summed E-state index contributed by atoms with van der Waals surface area (Å²) in [6.07, 6.45) is 1.69. The number of nitrogens with one attached hydrogen (secondary N) is 1.